The molecular weight excluding hydrogens is 234 g/mol. The van der Waals surface area contributed by atoms with Crippen molar-refractivity contribution in [3.8, 4) is 0 Å². The standard InChI is InChI=1S/C11H16F2N2.ClH/c12-9-5-4-8(7-10(9)13)11(15)3-1-2-6-14;/h4-5,7,11H,1-3,6,14-15H2;1H/t11-;/m1./s1. The number of hydrogen-bond acceptors (Lipinski definition) is 2. The zero-order chi connectivity index (χ0) is 11.3. The Labute approximate surface area is 100 Å². The molecular formula is C11H17ClF2N2. The second kappa shape index (κ2) is 7.54. The summed E-state index contributed by atoms with van der Waals surface area (Å²) in [6, 6.07) is 3.54. The van der Waals surface area contributed by atoms with Gasteiger partial charge in [-0.3, -0.25) is 0 Å². The molecule has 0 spiro atoms. The highest BCUT2D eigenvalue weighted by molar-refractivity contribution is 5.85. The molecule has 0 aliphatic carbocycles. The summed E-state index contributed by atoms with van der Waals surface area (Å²) in [5.74, 6) is -1.69. The Balaban J connectivity index is 0.00000225. The van der Waals surface area contributed by atoms with Crippen LogP contribution >= 0.6 is 12.4 Å². The zero-order valence-corrected chi connectivity index (χ0v) is 9.77. The molecule has 1 aromatic rings. The lowest BCUT2D eigenvalue weighted by atomic mass is 10.0. The van der Waals surface area contributed by atoms with Crippen LogP contribution in [0.3, 0.4) is 0 Å². The Morgan fingerprint density at radius 2 is 1.81 bits per heavy atom. The minimum Gasteiger partial charge on any atom is -0.330 e. The third kappa shape index (κ3) is 4.43. The quantitative estimate of drug-likeness (QED) is 0.789. The first-order valence-electron chi connectivity index (χ1n) is 5.05. The van der Waals surface area contributed by atoms with Crippen molar-refractivity contribution in [2.75, 3.05) is 6.54 Å². The monoisotopic (exact) mass is 250 g/mol. The smallest absolute Gasteiger partial charge is 0.159 e. The van der Waals surface area contributed by atoms with Gasteiger partial charge in [-0.15, -0.1) is 12.4 Å². The molecule has 1 atom stereocenters. The fourth-order valence-electron chi connectivity index (χ4n) is 1.42. The van der Waals surface area contributed by atoms with Crippen LogP contribution in [0.25, 0.3) is 0 Å². The van der Waals surface area contributed by atoms with Crippen molar-refractivity contribution in [2.45, 2.75) is 25.3 Å². The van der Waals surface area contributed by atoms with E-state index in [0.29, 0.717) is 12.1 Å². The van der Waals surface area contributed by atoms with Crippen molar-refractivity contribution in [2.24, 2.45) is 11.5 Å². The van der Waals surface area contributed by atoms with Gasteiger partial charge in [-0.2, -0.15) is 0 Å². The predicted molar refractivity (Wildman–Crippen MR) is 63.4 cm³/mol. The van der Waals surface area contributed by atoms with E-state index in [2.05, 4.69) is 0 Å². The van der Waals surface area contributed by atoms with Gasteiger partial charge < -0.3 is 11.5 Å². The van der Waals surface area contributed by atoms with Gasteiger partial charge in [0.2, 0.25) is 0 Å². The molecule has 1 rings (SSSR count). The molecule has 0 radical (unpaired) electrons. The topological polar surface area (TPSA) is 52.0 Å². The SMILES string of the molecule is Cl.NCCCC[C@@H](N)c1ccc(F)c(F)c1. The van der Waals surface area contributed by atoms with Crippen LogP contribution in [0.2, 0.25) is 0 Å². The van der Waals surface area contributed by atoms with E-state index in [4.69, 9.17) is 11.5 Å². The average Bonchev–Trinajstić information content (AvgIpc) is 2.22. The Morgan fingerprint density at radius 1 is 1.12 bits per heavy atom. The highest BCUT2D eigenvalue weighted by Crippen LogP contribution is 2.18. The zero-order valence-electron chi connectivity index (χ0n) is 8.96. The molecule has 0 aliphatic rings. The number of unbranched alkanes of at least 4 members (excludes halogenated alkanes) is 1. The molecule has 0 unspecified atom stereocenters. The van der Waals surface area contributed by atoms with Gasteiger partial charge in [-0.05, 0) is 37.1 Å². The minimum atomic E-state index is -0.846. The summed E-state index contributed by atoms with van der Waals surface area (Å²) < 4.78 is 25.5. The molecule has 0 amide bonds. The summed E-state index contributed by atoms with van der Waals surface area (Å²) in [4.78, 5) is 0. The molecule has 1 aromatic carbocycles. The molecule has 0 saturated carbocycles. The highest BCUT2D eigenvalue weighted by atomic mass is 35.5. The van der Waals surface area contributed by atoms with Crippen LogP contribution in [0.1, 0.15) is 30.9 Å². The van der Waals surface area contributed by atoms with Crippen molar-refractivity contribution in [1.82, 2.24) is 0 Å². The molecule has 0 aliphatic heterocycles. The van der Waals surface area contributed by atoms with E-state index in [1.807, 2.05) is 0 Å². The van der Waals surface area contributed by atoms with Crippen molar-refractivity contribution >= 4 is 12.4 Å². The molecule has 0 bridgehead atoms. The molecule has 0 aromatic heterocycles. The minimum absolute atomic E-state index is 0. The number of benzene rings is 1. The molecule has 16 heavy (non-hydrogen) atoms. The molecule has 4 N–H and O–H groups in total. The van der Waals surface area contributed by atoms with Crippen LogP contribution in [0.5, 0.6) is 0 Å². The molecule has 2 nitrogen and oxygen atoms in total. The van der Waals surface area contributed by atoms with Crippen molar-refractivity contribution in [1.29, 1.82) is 0 Å². The van der Waals surface area contributed by atoms with Crippen LogP contribution in [0, 0.1) is 11.6 Å². The molecule has 0 saturated heterocycles. The van der Waals surface area contributed by atoms with Gasteiger partial charge in [0.15, 0.2) is 11.6 Å². The fourth-order valence-corrected chi connectivity index (χ4v) is 1.42. The Morgan fingerprint density at radius 3 is 2.38 bits per heavy atom. The van der Waals surface area contributed by atoms with Crippen LogP contribution in [-0.4, -0.2) is 6.54 Å². The van der Waals surface area contributed by atoms with Gasteiger partial charge in [-0.1, -0.05) is 12.5 Å². The second-order valence-electron chi connectivity index (χ2n) is 3.56. The third-order valence-electron chi connectivity index (χ3n) is 2.34. The van der Waals surface area contributed by atoms with E-state index in [9.17, 15) is 8.78 Å². The lowest BCUT2D eigenvalue weighted by molar-refractivity contribution is 0.502. The predicted octanol–water partition coefficient (Wildman–Crippen LogP) is 2.52. The summed E-state index contributed by atoms with van der Waals surface area (Å²) in [7, 11) is 0. The van der Waals surface area contributed by atoms with E-state index in [-0.39, 0.29) is 18.4 Å². The first-order chi connectivity index (χ1) is 7.15. The Bertz CT molecular complexity index is 321. The summed E-state index contributed by atoms with van der Waals surface area (Å²) in [6.45, 7) is 0.629. The molecule has 92 valence electrons. The number of nitrogens with two attached hydrogens (primary N) is 2. The number of hydrogen-bond donors (Lipinski definition) is 2. The number of halogens is 3. The van der Waals surface area contributed by atoms with Gasteiger partial charge in [0.1, 0.15) is 0 Å². The molecule has 5 heteroatoms. The highest BCUT2D eigenvalue weighted by Gasteiger charge is 2.08. The maximum absolute atomic E-state index is 12.9. The van der Waals surface area contributed by atoms with E-state index < -0.39 is 11.6 Å². The van der Waals surface area contributed by atoms with Gasteiger partial charge in [0.25, 0.3) is 0 Å². The Hall–Kier alpha value is -0.710. The summed E-state index contributed by atoms with van der Waals surface area (Å²) in [5, 5.41) is 0. The van der Waals surface area contributed by atoms with E-state index >= 15 is 0 Å². The lowest BCUT2D eigenvalue weighted by Crippen LogP contribution is -2.11. The van der Waals surface area contributed by atoms with Crippen molar-refractivity contribution in [3.05, 3.63) is 35.4 Å². The van der Waals surface area contributed by atoms with Gasteiger partial charge in [0.05, 0.1) is 0 Å². The van der Waals surface area contributed by atoms with Crippen LogP contribution in [0.4, 0.5) is 8.78 Å². The van der Waals surface area contributed by atoms with Crippen LogP contribution in [-0.2, 0) is 0 Å². The third-order valence-corrected chi connectivity index (χ3v) is 2.34. The normalized spacial score (nSPS) is 12.0. The van der Waals surface area contributed by atoms with Crippen molar-refractivity contribution in [3.63, 3.8) is 0 Å². The summed E-state index contributed by atoms with van der Waals surface area (Å²) in [5.41, 5.74) is 11.8. The second-order valence-corrected chi connectivity index (χ2v) is 3.56. The van der Waals surface area contributed by atoms with Gasteiger partial charge in [-0.25, -0.2) is 8.78 Å². The lowest BCUT2D eigenvalue weighted by Gasteiger charge is -2.11. The van der Waals surface area contributed by atoms with E-state index in [0.717, 1.165) is 31.4 Å². The van der Waals surface area contributed by atoms with Gasteiger partial charge in [0, 0.05) is 6.04 Å². The van der Waals surface area contributed by atoms with Crippen molar-refractivity contribution < 1.29 is 8.78 Å². The summed E-state index contributed by atoms with van der Waals surface area (Å²) in [6.07, 6.45) is 2.54. The van der Waals surface area contributed by atoms with E-state index in [1.54, 1.807) is 0 Å². The van der Waals surface area contributed by atoms with Crippen LogP contribution < -0.4 is 11.5 Å². The maximum atomic E-state index is 12.9. The molecule has 0 fully saturated rings. The Kier molecular flexibility index (Phi) is 7.21. The first-order valence-corrected chi connectivity index (χ1v) is 5.05. The van der Waals surface area contributed by atoms with Gasteiger partial charge >= 0.3 is 0 Å². The van der Waals surface area contributed by atoms with E-state index in [1.165, 1.54) is 6.07 Å². The maximum Gasteiger partial charge on any atom is 0.159 e. The van der Waals surface area contributed by atoms with Crippen LogP contribution in [0.15, 0.2) is 18.2 Å². The average molecular weight is 251 g/mol. The number of rotatable bonds is 5. The summed E-state index contributed by atoms with van der Waals surface area (Å²) >= 11 is 0. The largest absolute Gasteiger partial charge is 0.330 e. The fraction of sp³-hybridized carbons (Fsp3) is 0.455. The molecule has 0 heterocycles. The first kappa shape index (κ1) is 15.3.